The highest BCUT2D eigenvalue weighted by Gasteiger charge is 2.29. The molecule has 0 saturated carbocycles. The molecule has 2 aromatic heterocycles. The van der Waals surface area contributed by atoms with E-state index in [9.17, 15) is 18.0 Å². The minimum absolute atomic E-state index is 0.188. The summed E-state index contributed by atoms with van der Waals surface area (Å²) in [6, 6.07) is 11.5. The van der Waals surface area contributed by atoms with Crippen molar-refractivity contribution in [1.82, 2.24) is 4.31 Å². The number of nitrogens with zero attached hydrogens (tertiary/aromatic N) is 2. The first-order valence-electron chi connectivity index (χ1n) is 10.2. The zero-order valence-corrected chi connectivity index (χ0v) is 19.3. The molecule has 0 unspecified atom stereocenters. The second-order valence-electron chi connectivity index (χ2n) is 7.18. The molecule has 4 rings (SSSR count). The summed E-state index contributed by atoms with van der Waals surface area (Å²) in [5, 5.41) is 3.26. The third-order valence-corrected chi connectivity index (χ3v) is 8.37. The molecule has 32 heavy (non-hydrogen) atoms. The highest BCUT2D eigenvalue weighted by molar-refractivity contribution is 7.89. The second kappa shape index (κ2) is 8.89. The molecule has 1 aliphatic rings. The second-order valence-corrected chi connectivity index (χ2v) is 10.2. The maximum absolute atomic E-state index is 13.1. The molecular weight excluding hydrogens is 450 g/mol. The Labute approximate surface area is 190 Å². The van der Waals surface area contributed by atoms with E-state index in [0.717, 1.165) is 5.56 Å². The molecule has 0 atom stereocenters. The average Bonchev–Trinajstić information content (AvgIpc) is 3.54. The van der Waals surface area contributed by atoms with Crippen molar-refractivity contribution in [3.05, 3.63) is 64.9 Å². The number of benzene rings is 1. The first-order valence-corrected chi connectivity index (χ1v) is 12.5. The fourth-order valence-electron chi connectivity index (χ4n) is 3.70. The van der Waals surface area contributed by atoms with Gasteiger partial charge in [-0.3, -0.25) is 9.59 Å². The summed E-state index contributed by atoms with van der Waals surface area (Å²) >= 11 is 1.18. The number of hydrogen-bond donors (Lipinski definition) is 1. The van der Waals surface area contributed by atoms with Crippen LogP contribution in [0.3, 0.4) is 0 Å². The normalized spacial score (nSPS) is 13.4. The molecule has 0 fully saturated rings. The highest BCUT2D eigenvalue weighted by atomic mass is 32.2. The van der Waals surface area contributed by atoms with E-state index in [1.54, 1.807) is 61.2 Å². The third kappa shape index (κ3) is 4.08. The number of carbonyl (C=O) groups excluding carboxylic acids is 2. The summed E-state index contributed by atoms with van der Waals surface area (Å²) in [5.74, 6) is -0.383. The van der Waals surface area contributed by atoms with Crippen LogP contribution < -0.4 is 10.2 Å². The third-order valence-electron chi connectivity index (χ3n) is 5.33. The monoisotopic (exact) mass is 473 g/mol. The highest BCUT2D eigenvalue weighted by Crippen LogP contribution is 2.34. The fourth-order valence-corrected chi connectivity index (χ4v) is 6.06. The molecule has 0 radical (unpaired) electrons. The number of nitrogens with one attached hydrogen (secondary N) is 1. The minimum Gasteiger partial charge on any atom is -0.459 e. The van der Waals surface area contributed by atoms with Gasteiger partial charge < -0.3 is 14.6 Å². The number of rotatable bonds is 7. The van der Waals surface area contributed by atoms with Crippen molar-refractivity contribution in [2.75, 3.05) is 29.9 Å². The first-order chi connectivity index (χ1) is 15.3. The van der Waals surface area contributed by atoms with Crippen molar-refractivity contribution in [2.24, 2.45) is 0 Å². The molecule has 0 aliphatic carbocycles. The molecule has 1 aliphatic heterocycles. The molecule has 0 saturated heterocycles. The Morgan fingerprint density at radius 2 is 1.94 bits per heavy atom. The summed E-state index contributed by atoms with van der Waals surface area (Å²) in [4.78, 5) is 27.6. The number of thiophene rings is 1. The Hall–Kier alpha value is -2.95. The Bertz CT molecular complexity index is 1240. The quantitative estimate of drug-likeness (QED) is 0.562. The number of hydrogen-bond acceptors (Lipinski definition) is 6. The van der Waals surface area contributed by atoms with Crippen LogP contribution in [-0.4, -0.2) is 44.2 Å². The Morgan fingerprint density at radius 3 is 2.62 bits per heavy atom. The number of furan rings is 1. The van der Waals surface area contributed by atoms with Gasteiger partial charge in [0.2, 0.25) is 10.0 Å². The number of sulfonamides is 1. The van der Waals surface area contributed by atoms with Gasteiger partial charge in [-0.15, -0.1) is 11.3 Å². The van der Waals surface area contributed by atoms with Gasteiger partial charge in [-0.25, -0.2) is 8.42 Å². The van der Waals surface area contributed by atoms with E-state index >= 15 is 0 Å². The molecule has 1 N–H and O–H groups in total. The summed E-state index contributed by atoms with van der Waals surface area (Å²) in [6.45, 7) is 4.88. The molecule has 1 aromatic carbocycles. The standard InChI is InChI=1S/C22H23N3O5S2/c1-3-24(4-2)32(28,29)16-7-8-17-15(14-16)11-12-25(17)22(27)19-9-10-20(31-19)23-21(26)18-6-5-13-30-18/h5-10,13-14H,3-4,11-12H2,1-2H3,(H,23,26). The van der Waals surface area contributed by atoms with E-state index in [0.29, 0.717) is 41.6 Å². The largest absolute Gasteiger partial charge is 0.459 e. The van der Waals surface area contributed by atoms with Crippen LogP contribution >= 0.6 is 11.3 Å². The molecule has 0 spiro atoms. The van der Waals surface area contributed by atoms with Crippen LogP contribution in [0.25, 0.3) is 0 Å². The lowest BCUT2D eigenvalue weighted by molar-refractivity contribution is 0.0987. The number of carbonyl (C=O) groups is 2. The maximum atomic E-state index is 13.1. The molecule has 168 valence electrons. The van der Waals surface area contributed by atoms with Crippen LogP contribution in [0.15, 0.2) is 58.0 Å². The van der Waals surface area contributed by atoms with E-state index in [1.807, 2.05) is 0 Å². The smallest absolute Gasteiger partial charge is 0.291 e. The lowest BCUT2D eigenvalue weighted by Crippen LogP contribution is -2.30. The molecule has 3 heterocycles. The maximum Gasteiger partial charge on any atom is 0.291 e. The van der Waals surface area contributed by atoms with Gasteiger partial charge in [-0.2, -0.15) is 4.31 Å². The van der Waals surface area contributed by atoms with Crippen LogP contribution in [-0.2, 0) is 16.4 Å². The summed E-state index contributed by atoms with van der Waals surface area (Å²) < 4.78 is 32.1. The van der Waals surface area contributed by atoms with Gasteiger partial charge in [0.15, 0.2) is 5.76 Å². The van der Waals surface area contributed by atoms with Gasteiger partial charge in [0.25, 0.3) is 11.8 Å². The van der Waals surface area contributed by atoms with E-state index < -0.39 is 10.0 Å². The molecular formula is C22H23N3O5S2. The van der Waals surface area contributed by atoms with Crippen LogP contribution in [0.5, 0.6) is 0 Å². The van der Waals surface area contributed by atoms with Crippen LogP contribution in [0.1, 0.15) is 39.6 Å². The van der Waals surface area contributed by atoms with Crippen molar-refractivity contribution >= 4 is 43.9 Å². The molecule has 0 bridgehead atoms. The van der Waals surface area contributed by atoms with E-state index in [1.165, 1.54) is 21.9 Å². The zero-order chi connectivity index (χ0) is 22.9. The summed E-state index contributed by atoms with van der Waals surface area (Å²) in [7, 11) is -3.56. The fraction of sp³-hybridized carbons (Fsp3) is 0.273. The topological polar surface area (TPSA) is 99.9 Å². The SMILES string of the molecule is CCN(CC)S(=O)(=O)c1ccc2c(c1)CCN2C(=O)c1ccc(NC(=O)c2ccco2)s1. The van der Waals surface area contributed by atoms with Gasteiger partial charge in [-0.1, -0.05) is 13.8 Å². The van der Waals surface area contributed by atoms with Crippen molar-refractivity contribution in [2.45, 2.75) is 25.2 Å². The van der Waals surface area contributed by atoms with Crippen LogP contribution in [0, 0.1) is 0 Å². The minimum atomic E-state index is -3.56. The predicted octanol–water partition coefficient (Wildman–Crippen LogP) is 3.83. The van der Waals surface area contributed by atoms with Crippen molar-refractivity contribution < 1.29 is 22.4 Å². The zero-order valence-electron chi connectivity index (χ0n) is 17.7. The van der Waals surface area contributed by atoms with Crippen molar-refractivity contribution in [3.8, 4) is 0 Å². The predicted molar refractivity (Wildman–Crippen MR) is 123 cm³/mol. The number of anilines is 2. The van der Waals surface area contributed by atoms with E-state index in [2.05, 4.69) is 5.32 Å². The van der Waals surface area contributed by atoms with Gasteiger partial charge in [0.1, 0.15) is 0 Å². The summed E-state index contributed by atoms with van der Waals surface area (Å²) in [6.07, 6.45) is 2.00. The molecule has 3 aromatic rings. The average molecular weight is 474 g/mol. The number of amides is 2. The van der Waals surface area contributed by atoms with E-state index in [4.69, 9.17) is 4.42 Å². The number of fused-ring (bicyclic) bond motifs is 1. The molecule has 10 heteroatoms. The van der Waals surface area contributed by atoms with Crippen LogP contribution in [0.4, 0.5) is 10.7 Å². The lowest BCUT2D eigenvalue weighted by Gasteiger charge is -2.20. The van der Waals surface area contributed by atoms with E-state index in [-0.39, 0.29) is 22.5 Å². The van der Waals surface area contributed by atoms with Crippen LogP contribution in [0.2, 0.25) is 0 Å². The first kappa shape index (κ1) is 22.3. The Balaban J connectivity index is 1.52. The van der Waals surface area contributed by atoms with Gasteiger partial charge in [0.05, 0.1) is 21.0 Å². The lowest BCUT2D eigenvalue weighted by atomic mass is 10.2. The van der Waals surface area contributed by atoms with Gasteiger partial charge in [-0.05, 0) is 54.4 Å². The van der Waals surface area contributed by atoms with Gasteiger partial charge in [0, 0.05) is 25.3 Å². The van der Waals surface area contributed by atoms with Gasteiger partial charge >= 0.3 is 0 Å². The molecule has 8 nitrogen and oxygen atoms in total. The Morgan fingerprint density at radius 1 is 1.16 bits per heavy atom. The summed E-state index contributed by atoms with van der Waals surface area (Å²) in [5.41, 5.74) is 1.54. The Kier molecular flexibility index (Phi) is 6.18. The van der Waals surface area contributed by atoms with Crippen molar-refractivity contribution in [3.63, 3.8) is 0 Å². The van der Waals surface area contributed by atoms with Crippen molar-refractivity contribution in [1.29, 1.82) is 0 Å². The molecule has 2 amide bonds.